The Bertz CT molecular complexity index is 620. The standard InChI is InChI=1S/C14H18BN3O2/c1-10-7-14(8-10,13-17-16-9-18(13)2)11-4-3-5-12(6-11)15(19)20/h3-6,9-10,19-20H,7-8H2,1-2H3. The van der Waals surface area contributed by atoms with Crippen molar-refractivity contribution in [1.82, 2.24) is 14.8 Å². The Morgan fingerprint density at radius 1 is 1.35 bits per heavy atom. The van der Waals surface area contributed by atoms with Crippen molar-refractivity contribution in [2.75, 3.05) is 0 Å². The number of hydrogen-bond acceptors (Lipinski definition) is 4. The molecule has 1 heterocycles. The van der Waals surface area contributed by atoms with Crippen LogP contribution in [0.25, 0.3) is 0 Å². The Morgan fingerprint density at radius 3 is 2.65 bits per heavy atom. The van der Waals surface area contributed by atoms with Crippen LogP contribution in [-0.4, -0.2) is 31.9 Å². The van der Waals surface area contributed by atoms with Crippen LogP contribution in [0.1, 0.15) is 31.2 Å². The molecule has 3 rings (SSSR count). The SMILES string of the molecule is CC1CC(c2cccc(B(O)O)c2)(c2nncn2C)C1. The smallest absolute Gasteiger partial charge is 0.423 e. The van der Waals surface area contributed by atoms with Gasteiger partial charge in [0.1, 0.15) is 12.2 Å². The van der Waals surface area contributed by atoms with Gasteiger partial charge in [0.05, 0.1) is 5.41 Å². The molecule has 0 amide bonds. The van der Waals surface area contributed by atoms with E-state index in [1.807, 2.05) is 29.8 Å². The maximum absolute atomic E-state index is 9.36. The predicted octanol–water partition coefficient (Wildman–Crippen LogP) is 0.211. The van der Waals surface area contributed by atoms with Crippen LogP contribution in [0.15, 0.2) is 30.6 Å². The minimum absolute atomic E-state index is 0.157. The third-order valence-corrected chi connectivity index (χ3v) is 4.27. The van der Waals surface area contributed by atoms with Gasteiger partial charge in [0.2, 0.25) is 0 Å². The van der Waals surface area contributed by atoms with Gasteiger partial charge in [-0.1, -0.05) is 31.2 Å². The van der Waals surface area contributed by atoms with Crippen molar-refractivity contribution >= 4 is 12.6 Å². The van der Waals surface area contributed by atoms with E-state index in [1.54, 1.807) is 12.4 Å². The normalized spacial score (nSPS) is 25.3. The number of benzene rings is 1. The third-order valence-electron chi connectivity index (χ3n) is 4.27. The Labute approximate surface area is 118 Å². The van der Waals surface area contributed by atoms with E-state index in [-0.39, 0.29) is 5.41 Å². The minimum atomic E-state index is -1.44. The lowest BCUT2D eigenvalue weighted by molar-refractivity contribution is 0.185. The minimum Gasteiger partial charge on any atom is -0.423 e. The summed E-state index contributed by atoms with van der Waals surface area (Å²) in [7, 11) is 0.508. The van der Waals surface area contributed by atoms with E-state index in [1.165, 1.54) is 0 Å². The van der Waals surface area contributed by atoms with Gasteiger partial charge in [-0.25, -0.2) is 0 Å². The summed E-state index contributed by atoms with van der Waals surface area (Å²) in [5.74, 6) is 1.58. The largest absolute Gasteiger partial charge is 0.488 e. The number of rotatable bonds is 3. The van der Waals surface area contributed by atoms with Crippen molar-refractivity contribution in [3.8, 4) is 0 Å². The Hall–Kier alpha value is -1.66. The monoisotopic (exact) mass is 271 g/mol. The zero-order valence-electron chi connectivity index (χ0n) is 11.7. The van der Waals surface area contributed by atoms with Gasteiger partial charge in [-0.05, 0) is 29.8 Å². The molecule has 1 aliphatic carbocycles. The first kappa shape index (κ1) is 13.3. The molecule has 0 saturated heterocycles. The van der Waals surface area contributed by atoms with Gasteiger partial charge < -0.3 is 14.6 Å². The van der Waals surface area contributed by atoms with Crippen molar-refractivity contribution in [3.63, 3.8) is 0 Å². The van der Waals surface area contributed by atoms with Gasteiger partial charge in [-0.2, -0.15) is 0 Å². The van der Waals surface area contributed by atoms with Crippen LogP contribution in [0.4, 0.5) is 0 Å². The van der Waals surface area contributed by atoms with E-state index in [4.69, 9.17) is 0 Å². The first-order chi connectivity index (χ1) is 9.53. The zero-order chi connectivity index (χ0) is 14.3. The molecule has 6 heteroatoms. The molecule has 1 aromatic heterocycles. The van der Waals surface area contributed by atoms with Crippen LogP contribution >= 0.6 is 0 Å². The molecule has 1 saturated carbocycles. The first-order valence-electron chi connectivity index (χ1n) is 6.84. The number of hydrogen-bond donors (Lipinski definition) is 2. The molecule has 104 valence electrons. The van der Waals surface area contributed by atoms with Gasteiger partial charge in [-0.15, -0.1) is 10.2 Å². The van der Waals surface area contributed by atoms with E-state index in [0.717, 1.165) is 24.2 Å². The summed E-state index contributed by atoms with van der Waals surface area (Å²) < 4.78 is 1.95. The summed E-state index contributed by atoms with van der Waals surface area (Å²) in [5.41, 5.74) is 1.44. The zero-order valence-corrected chi connectivity index (χ0v) is 11.7. The Morgan fingerprint density at radius 2 is 2.10 bits per heavy atom. The Balaban J connectivity index is 2.08. The number of aromatic nitrogens is 3. The fraction of sp³-hybridized carbons (Fsp3) is 0.429. The summed E-state index contributed by atoms with van der Waals surface area (Å²) in [5, 5.41) is 27.0. The van der Waals surface area contributed by atoms with Crippen LogP contribution < -0.4 is 5.46 Å². The quantitative estimate of drug-likeness (QED) is 0.783. The van der Waals surface area contributed by atoms with Crippen molar-refractivity contribution in [2.45, 2.75) is 25.2 Å². The van der Waals surface area contributed by atoms with Gasteiger partial charge in [0.25, 0.3) is 0 Å². The summed E-state index contributed by atoms with van der Waals surface area (Å²) in [6.07, 6.45) is 3.72. The third kappa shape index (κ3) is 1.96. The molecule has 0 atom stereocenters. The molecule has 0 unspecified atom stereocenters. The molecular formula is C14H18BN3O2. The maximum atomic E-state index is 9.36. The molecule has 1 aliphatic rings. The van der Waals surface area contributed by atoms with Crippen molar-refractivity contribution in [3.05, 3.63) is 42.0 Å². The van der Waals surface area contributed by atoms with Gasteiger partial charge in [0.15, 0.2) is 0 Å². The summed E-state index contributed by atoms with van der Waals surface area (Å²) in [6, 6.07) is 7.49. The molecule has 5 nitrogen and oxygen atoms in total. The van der Waals surface area contributed by atoms with E-state index in [9.17, 15) is 10.0 Å². The van der Waals surface area contributed by atoms with Crippen LogP contribution in [0.3, 0.4) is 0 Å². The topological polar surface area (TPSA) is 71.2 Å². The molecule has 1 fully saturated rings. The van der Waals surface area contributed by atoms with Crippen molar-refractivity contribution in [2.24, 2.45) is 13.0 Å². The van der Waals surface area contributed by atoms with Crippen molar-refractivity contribution in [1.29, 1.82) is 0 Å². The number of nitrogens with zero attached hydrogens (tertiary/aromatic N) is 3. The molecule has 20 heavy (non-hydrogen) atoms. The second-order valence-electron chi connectivity index (χ2n) is 5.86. The molecule has 2 aromatic rings. The predicted molar refractivity (Wildman–Crippen MR) is 76.4 cm³/mol. The van der Waals surface area contributed by atoms with Crippen LogP contribution in [-0.2, 0) is 12.5 Å². The highest BCUT2D eigenvalue weighted by molar-refractivity contribution is 6.58. The van der Waals surface area contributed by atoms with Crippen molar-refractivity contribution < 1.29 is 10.0 Å². The second kappa shape index (κ2) is 4.72. The summed E-state index contributed by atoms with van der Waals surface area (Å²) >= 11 is 0. The Kier molecular flexibility index (Phi) is 3.14. The molecular weight excluding hydrogens is 253 g/mol. The van der Waals surface area contributed by atoms with Crippen LogP contribution in [0, 0.1) is 5.92 Å². The van der Waals surface area contributed by atoms with Gasteiger partial charge in [0, 0.05) is 7.05 Å². The fourth-order valence-electron chi connectivity index (χ4n) is 3.39. The van der Waals surface area contributed by atoms with Gasteiger partial charge >= 0.3 is 7.12 Å². The number of aryl methyl sites for hydroxylation is 1. The molecule has 0 spiro atoms. The van der Waals surface area contributed by atoms with E-state index in [0.29, 0.717) is 11.4 Å². The lowest BCUT2D eigenvalue weighted by atomic mass is 9.58. The average molecular weight is 271 g/mol. The van der Waals surface area contributed by atoms with Crippen LogP contribution in [0.5, 0.6) is 0 Å². The van der Waals surface area contributed by atoms with Gasteiger partial charge in [-0.3, -0.25) is 0 Å². The molecule has 0 bridgehead atoms. The second-order valence-corrected chi connectivity index (χ2v) is 5.86. The highest BCUT2D eigenvalue weighted by Crippen LogP contribution is 2.51. The molecule has 0 radical (unpaired) electrons. The lowest BCUT2D eigenvalue weighted by Crippen LogP contribution is -2.44. The van der Waals surface area contributed by atoms with Crippen LogP contribution in [0.2, 0.25) is 0 Å². The van der Waals surface area contributed by atoms with E-state index in [2.05, 4.69) is 17.1 Å². The molecule has 0 aliphatic heterocycles. The maximum Gasteiger partial charge on any atom is 0.488 e. The van der Waals surface area contributed by atoms with E-state index < -0.39 is 7.12 Å². The average Bonchev–Trinajstić information content (AvgIpc) is 2.81. The summed E-state index contributed by atoms with van der Waals surface area (Å²) in [4.78, 5) is 0. The molecule has 2 N–H and O–H groups in total. The lowest BCUT2D eigenvalue weighted by Gasteiger charge is -2.46. The first-order valence-corrected chi connectivity index (χ1v) is 6.84. The van der Waals surface area contributed by atoms with E-state index >= 15 is 0 Å². The highest BCUT2D eigenvalue weighted by Gasteiger charge is 2.48. The molecule has 1 aromatic carbocycles. The summed E-state index contributed by atoms with van der Waals surface area (Å²) in [6.45, 7) is 2.22. The fourth-order valence-corrected chi connectivity index (χ4v) is 3.39. The highest BCUT2D eigenvalue weighted by atomic mass is 16.4.